The second-order valence-electron chi connectivity index (χ2n) is 5.29. The van der Waals surface area contributed by atoms with Crippen LogP contribution in [0.3, 0.4) is 0 Å². The zero-order valence-electron chi connectivity index (χ0n) is 11.8. The summed E-state index contributed by atoms with van der Waals surface area (Å²) >= 11 is 0. The first-order valence-electron chi connectivity index (χ1n) is 7.29. The Morgan fingerprint density at radius 2 is 1.89 bits per heavy atom. The van der Waals surface area contributed by atoms with Crippen molar-refractivity contribution < 1.29 is 9.47 Å². The molecule has 2 unspecified atom stereocenters. The first-order valence-corrected chi connectivity index (χ1v) is 7.29. The molecule has 2 rings (SSSR count). The molecule has 0 bridgehead atoms. The van der Waals surface area contributed by atoms with Crippen molar-refractivity contribution in [3.05, 3.63) is 29.8 Å². The van der Waals surface area contributed by atoms with Gasteiger partial charge in [-0.25, -0.2) is 0 Å². The van der Waals surface area contributed by atoms with Crippen molar-refractivity contribution in [2.75, 3.05) is 20.3 Å². The summed E-state index contributed by atoms with van der Waals surface area (Å²) in [6.07, 6.45) is 6.12. The van der Waals surface area contributed by atoms with Gasteiger partial charge in [0.2, 0.25) is 0 Å². The van der Waals surface area contributed by atoms with Crippen molar-refractivity contribution in [3.8, 4) is 5.75 Å². The average Bonchev–Trinajstić information content (AvgIpc) is 2.64. The number of methoxy groups -OCH3 is 1. The normalized spacial score (nSPS) is 23.9. The fraction of sp³-hybridized carbons (Fsp3) is 0.625. The second-order valence-corrected chi connectivity index (χ2v) is 5.29. The molecule has 2 N–H and O–H groups in total. The third-order valence-corrected chi connectivity index (χ3v) is 3.93. The summed E-state index contributed by atoms with van der Waals surface area (Å²) in [6, 6.07) is 8.57. The largest absolute Gasteiger partial charge is 0.491 e. The van der Waals surface area contributed by atoms with Crippen LogP contribution in [0, 0.1) is 0 Å². The summed E-state index contributed by atoms with van der Waals surface area (Å²) in [4.78, 5) is 0. The molecule has 1 aromatic rings. The maximum absolute atomic E-state index is 6.35. The fourth-order valence-electron chi connectivity index (χ4n) is 2.88. The summed E-state index contributed by atoms with van der Waals surface area (Å²) in [7, 11) is 1.69. The molecular weight excluding hydrogens is 238 g/mol. The minimum Gasteiger partial charge on any atom is -0.491 e. The van der Waals surface area contributed by atoms with E-state index in [0.717, 1.165) is 12.2 Å². The molecule has 1 aliphatic carbocycles. The molecule has 3 nitrogen and oxygen atoms in total. The smallest absolute Gasteiger partial charge is 0.122 e. The Bertz CT molecular complexity index is 381. The molecule has 1 saturated carbocycles. The summed E-state index contributed by atoms with van der Waals surface area (Å²) in [5.74, 6) is 1.41. The van der Waals surface area contributed by atoms with Gasteiger partial charge in [0.1, 0.15) is 12.4 Å². The van der Waals surface area contributed by atoms with Gasteiger partial charge in [0, 0.05) is 19.1 Å². The van der Waals surface area contributed by atoms with Gasteiger partial charge in [-0.05, 0) is 24.5 Å². The fourth-order valence-corrected chi connectivity index (χ4v) is 2.88. The number of hydrogen-bond donors (Lipinski definition) is 1. The standard InChI is InChI=1S/C16H25NO2/c1-18-11-12-19-16-10-6-5-8-14(16)13-7-3-2-4-9-15(13)17/h5-6,8,10,13,15H,2-4,7,9,11-12,17H2,1H3. The van der Waals surface area contributed by atoms with Crippen molar-refractivity contribution in [2.45, 2.75) is 44.1 Å². The molecule has 0 radical (unpaired) electrons. The van der Waals surface area contributed by atoms with Gasteiger partial charge in [-0.2, -0.15) is 0 Å². The average molecular weight is 263 g/mol. The molecule has 0 aliphatic heterocycles. The van der Waals surface area contributed by atoms with Crippen molar-refractivity contribution in [2.24, 2.45) is 5.73 Å². The van der Waals surface area contributed by atoms with Crippen LogP contribution < -0.4 is 10.5 Å². The number of ether oxygens (including phenoxy) is 2. The van der Waals surface area contributed by atoms with E-state index in [4.69, 9.17) is 15.2 Å². The van der Waals surface area contributed by atoms with Crippen LogP contribution in [-0.2, 0) is 4.74 Å². The predicted molar refractivity (Wildman–Crippen MR) is 77.6 cm³/mol. The highest BCUT2D eigenvalue weighted by Crippen LogP contribution is 2.35. The maximum atomic E-state index is 6.35. The molecule has 1 aliphatic rings. The first-order chi connectivity index (χ1) is 9.33. The van der Waals surface area contributed by atoms with Crippen molar-refractivity contribution in [1.82, 2.24) is 0 Å². The highest BCUT2D eigenvalue weighted by Gasteiger charge is 2.24. The molecule has 0 spiro atoms. The highest BCUT2D eigenvalue weighted by atomic mass is 16.5. The molecule has 0 aromatic heterocycles. The number of rotatable bonds is 5. The van der Waals surface area contributed by atoms with E-state index in [1.165, 1.54) is 31.2 Å². The van der Waals surface area contributed by atoms with E-state index < -0.39 is 0 Å². The monoisotopic (exact) mass is 263 g/mol. The van der Waals surface area contributed by atoms with Gasteiger partial charge in [0.15, 0.2) is 0 Å². The minimum atomic E-state index is 0.259. The molecule has 2 atom stereocenters. The zero-order valence-corrected chi connectivity index (χ0v) is 11.8. The van der Waals surface area contributed by atoms with Gasteiger partial charge in [0.25, 0.3) is 0 Å². The van der Waals surface area contributed by atoms with Crippen LogP contribution in [0.25, 0.3) is 0 Å². The number of hydrogen-bond acceptors (Lipinski definition) is 3. The van der Waals surface area contributed by atoms with Gasteiger partial charge in [-0.1, -0.05) is 37.5 Å². The van der Waals surface area contributed by atoms with E-state index in [9.17, 15) is 0 Å². The molecule has 0 heterocycles. The third-order valence-electron chi connectivity index (χ3n) is 3.93. The molecule has 19 heavy (non-hydrogen) atoms. The summed E-state index contributed by atoms with van der Waals surface area (Å²) in [5.41, 5.74) is 7.63. The lowest BCUT2D eigenvalue weighted by Crippen LogP contribution is -2.27. The maximum Gasteiger partial charge on any atom is 0.122 e. The Morgan fingerprint density at radius 3 is 2.74 bits per heavy atom. The lowest BCUT2D eigenvalue weighted by atomic mass is 9.87. The van der Waals surface area contributed by atoms with E-state index in [0.29, 0.717) is 19.1 Å². The Labute approximate surface area is 116 Å². The van der Waals surface area contributed by atoms with E-state index in [2.05, 4.69) is 12.1 Å². The molecular formula is C16H25NO2. The van der Waals surface area contributed by atoms with Crippen LogP contribution in [-0.4, -0.2) is 26.4 Å². The van der Waals surface area contributed by atoms with Crippen molar-refractivity contribution in [1.29, 1.82) is 0 Å². The predicted octanol–water partition coefficient (Wildman–Crippen LogP) is 3.09. The Balaban J connectivity index is 2.12. The summed E-state index contributed by atoms with van der Waals surface area (Å²) in [5, 5.41) is 0. The lowest BCUT2D eigenvalue weighted by molar-refractivity contribution is 0.145. The van der Waals surface area contributed by atoms with E-state index >= 15 is 0 Å². The molecule has 1 fully saturated rings. The SMILES string of the molecule is COCCOc1ccccc1C1CCCCCC1N. The van der Waals surface area contributed by atoms with Crippen LogP contribution in [0.5, 0.6) is 5.75 Å². The van der Waals surface area contributed by atoms with Crippen LogP contribution in [0.4, 0.5) is 0 Å². The van der Waals surface area contributed by atoms with E-state index in [1.54, 1.807) is 7.11 Å². The lowest BCUT2D eigenvalue weighted by Gasteiger charge is -2.24. The Morgan fingerprint density at radius 1 is 1.11 bits per heavy atom. The summed E-state index contributed by atoms with van der Waals surface area (Å²) in [6.45, 7) is 1.21. The molecule has 0 saturated heterocycles. The molecule has 3 heteroatoms. The third kappa shape index (κ3) is 3.95. The van der Waals surface area contributed by atoms with Crippen LogP contribution in [0.2, 0.25) is 0 Å². The van der Waals surface area contributed by atoms with Gasteiger partial charge in [-0.3, -0.25) is 0 Å². The second kappa shape index (κ2) is 7.51. The van der Waals surface area contributed by atoms with Crippen molar-refractivity contribution >= 4 is 0 Å². The van der Waals surface area contributed by atoms with Gasteiger partial charge in [0.05, 0.1) is 6.61 Å². The Kier molecular flexibility index (Phi) is 5.67. The van der Waals surface area contributed by atoms with Crippen LogP contribution in [0.1, 0.15) is 43.6 Å². The number of benzene rings is 1. The molecule has 0 amide bonds. The quantitative estimate of drug-likeness (QED) is 0.656. The number of nitrogens with two attached hydrogens (primary N) is 1. The number of para-hydroxylation sites is 1. The van der Waals surface area contributed by atoms with Gasteiger partial charge < -0.3 is 15.2 Å². The highest BCUT2D eigenvalue weighted by molar-refractivity contribution is 5.37. The van der Waals surface area contributed by atoms with Gasteiger partial charge >= 0.3 is 0 Å². The topological polar surface area (TPSA) is 44.5 Å². The minimum absolute atomic E-state index is 0.259. The van der Waals surface area contributed by atoms with E-state index in [1.807, 2.05) is 12.1 Å². The molecule has 1 aromatic carbocycles. The van der Waals surface area contributed by atoms with Crippen molar-refractivity contribution in [3.63, 3.8) is 0 Å². The van der Waals surface area contributed by atoms with Gasteiger partial charge in [-0.15, -0.1) is 0 Å². The van der Waals surface area contributed by atoms with Crippen LogP contribution >= 0.6 is 0 Å². The Hall–Kier alpha value is -1.06. The molecule has 106 valence electrons. The van der Waals surface area contributed by atoms with Crippen LogP contribution in [0.15, 0.2) is 24.3 Å². The zero-order chi connectivity index (χ0) is 13.5. The summed E-state index contributed by atoms with van der Waals surface area (Å²) < 4.78 is 10.9. The first kappa shape index (κ1) is 14.4. The van der Waals surface area contributed by atoms with E-state index in [-0.39, 0.29) is 6.04 Å².